The molecule has 0 aromatic carbocycles. The van der Waals surface area contributed by atoms with Gasteiger partial charge in [-0.25, -0.2) is 8.42 Å². The van der Waals surface area contributed by atoms with Crippen LogP contribution in [0.15, 0.2) is 4.90 Å². The fraction of sp³-hybridized carbons (Fsp3) is 0.500. The summed E-state index contributed by atoms with van der Waals surface area (Å²) in [5, 5.41) is 15.2. The first kappa shape index (κ1) is 16.1. The molecule has 0 fully saturated rings. The summed E-state index contributed by atoms with van der Waals surface area (Å²) in [6.45, 7) is 2.96. The van der Waals surface area contributed by atoms with Crippen LogP contribution in [-0.4, -0.2) is 48.8 Å². The van der Waals surface area contributed by atoms with Crippen LogP contribution in [0.2, 0.25) is 0 Å². The normalized spacial score (nSPS) is 12.9. The maximum absolute atomic E-state index is 12.1. The number of nitrogens with one attached hydrogen (secondary N) is 2. The summed E-state index contributed by atoms with van der Waals surface area (Å²) in [6.07, 6.45) is -0.610. The number of carboxylic acid groups (broad SMARTS) is 1. The van der Waals surface area contributed by atoms with Crippen molar-refractivity contribution in [1.29, 1.82) is 0 Å². The summed E-state index contributed by atoms with van der Waals surface area (Å²) in [4.78, 5) is 22.0. The van der Waals surface area contributed by atoms with Gasteiger partial charge in [-0.05, 0) is 13.8 Å². The number of aromatic amines is 1. The van der Waals surface area contributed by atoms with Crippen LogP contribution >= 0.6 is 0 Å². The zero-order valence-electron chi connectivity index (χ0n) is 11.1. The van der Waals surface area contributed by atoms with Gasteiger partial charge in [0.15, 0.2) is 0 Å². The highest BCUT2D eigenvalue weighted by Gasteiger charge is 2.30. The van der Waals surface area contributed by atoms with Crippen molar-refractivity contribution >= 4 is 22.0 Å². The molecule has 20 heavy (non-hydrogen) atoms. The zero-order valence-corrected chi connectivity index (χ0v) is 11.9. The van der Waals surface area contributed by atoms with E-state index in [2.05, 4.69) is 14.9 Å². The summed E-state index contributed by atoms with van der Waals surface area (Å²) >= 11 is 0. The van der Waals surface area contributed by atoms with Gasteiger partial charge in [0.2, 0.25) is 10.0 Å². The molecule has 0 amide bonds. The summed E-state index contributed by atoms with van der Waals surface area (Å²) in [5.41, 5.74) is 0.481. The highest BCUT2D eigenvalue weighted by atomic mass is 32.2. The zero-order chi connectivity index (χ0) is 15.5. The summed E-state index contributed by atoms with van der Waals surface area (Å²) in [6, 6.07) is -1.61. The van der Waals surface area contributed by atoms with Crippen molar-refractivity contribution in [3.8, 4) is 0 Å². The van der Waals surface area contributed by atoms with E-state index >= 15 is 0 Å². The van der Waals surface area contributed by atoms with Gasteiger partial charge < -0.3 is 9.84 Å². The summed E-state index contributed by atoms with van der Waals surface area (Å²) in [5.74, 6) is -2.31. The van der Waals surface area contributed by atoms with Gasteiger partial charge in [0.25, 0.3) is 0 Å². The van der Waals surface area contributed by atoms with E-state index in [0.717, 1.165) is 7.11 Å². The average Bonchev–Trinajstić information content (AvgIpc) is 2.68. The highest BCUT2D eigenvalue weighted by Crippen LogP contribution is 2.17. The Labute approximate surface area is 115 Å². The van der Waals surface area contributed by atoms with Gasteiger partial charge in [0.1, 0.15) is 10.9 Å². The van der Waals surface area contributed by atoms with Crippen molar-refractivity contribution in [1.82, 2.24) is 14.9 Å². The number of rotatable bonds is 6. The molecule has 9 nitrogen and oxygen atoms in total. The molecule has 0 aliphatic heterocycles. The Kier molecular flexibility index (Phi) is 4.84. The molecule has 0 aliphatic carbocycles. The number of sulfonamides is 1. The SMILES string of the molecule is COC(=O)C[C@H](NS(=O)(=O)c1c(C)n[nH]c1C)C(=O)O. The number of carbonyl (C=O) groups excluding carboxylic acids is 1. The van der Waals surface area contributed by atoms with Crippen LogP contribution in [0.25, 0.3) is 0 Å². The van der Waals surface area contributed by atoms with Gasteiger partial charge in [-0.15, -0.1) is 0 Å². The van der Waals surface area contributed by atoms with E-state index in [0.29, 0.717) is 0 Å². The van der Waals surface area contributed by atoms with Crippen LogP contribution < -0.4 is 4.72 Å². The number of aliphatic carboxylic acids is 1. The monoisotopic (exact) mass is 305 g/mol. The maximum atomic E-state index is 12.1. The van der Waals surface area contributed by atoms with Crippen LogP contribution in [0.5, 0.6) is 0 Å². The Hall–Kier alpha value is -1.94. The molecule has 0 saturated heterocycles. The minimum atomic E-state index is -4.11. The first-order chi connectivity index (χ1) is 9.19. The summed E-state index contributed by atoms with van der Waals surface area (Å²) in [7, 11) is -3.03. The smallest absolute Gasteiger partial charge is 0.322 e. The fourth-order valence-electron chi connectivity index (χ4n) is 1.61. The first-order valence-corrected chi connectivity index (χ1v) is 7.01. The van der Waals surface area contributed by atoms with Crippen LogP contribution in [0.4, 0.5) is 0 Å². The van der Waals surface area contributed by atoms with E-state index in [1.165, 1.54) is 13.8 Å². The topological polar surface area (TPSA) is 138 Å². The number of esters is 1. The Bertz CT molecular complexity index is 601. The molecule has 0 radical (unpaired) electrons. The number of hydrogen-bond donors (Lipinski definition) is 3. The third-order valence-electron chi connectivity index (χ3n) is 2.52. The van der Waals surface area contributed by atoms with Crippen LogP contribution in [-0.2, 0) is 24.3 Å². The molecule has 0 bridgehead atoms. The molecule has 1 atom stereocenters. The van der Waals surface area contributed by atoms with Crippen molar-refractivity contribution in [2.24, 2.45) is 0 Å². The van der Waals surface area contributed by atoms with Gasteiger partial charge in [0.05, 0.1) is 24.9 Å². The largest absolute Gasteiger partial charge is 0.480 e. The number of ether oxygens (including phenoxy) is 1. The van der Waals surface area contributed by atoms with Crippen molar-refractivity contribution < 1.29 is 27.9 Å². The second-order valence-corrected chi connectivity index (χ2v) is 5.71. The Morgan fingerprint density at radius 2 is 2.05 bits per heavy atom. The van der Waals surface area contributed by atoms with Crippen molar-refractivity contribution in [3.05, 3.63) is 11.4 Å². The van der Waals surface area contributed by atoms with Gasteiger partial charge in [-0.1, -0.05) is 0 Å². The molecular formula is C10H15N3O6S. The van der Waals surface area contributed by atoms with E-state index in [1.807, 2.05) is 4.72 Å². The third kappa shape index (κ3) is 3.54. The Balaban J connectivity index is 3.04. The second-order valence-electron chi connectivity index (χ2n) is 4.06. The number of hydrogen-bond acceptors (Lipinski definition) is 6. The lowest BCUT2D eigenvalue weighted by Crippen LogP contribution is -2.42. The van der Waals surface area contributed by atoms with E-state index in [4.69, 9.17) is 5.11 Å². The molecule has 0 spiro atoms. The lowest BCUT2D eigenvalue weighted by Gasteiger charge is -2.13. The third-order valence-corrected chi connectivity index (χ3v) is 4.26. The van der Waals surface area contributed by atoms with Crippen molar-refractivity contribution in [3.63, 3.8) is 0 Å². The molecule has 1 aromatic rings. The van der Waals surface area contributed by atoms with E-state index < -0.39 is 34.4 Å². The number of nitrogens with zero attached hydrogens (tertiary/aromatic N) is 1. The van der Waals surface area contributed by atoms with Gasteiger partial charge >= 0.3 is 11.9 Å². The predicted octanol–water partition coefficient (Wildman–Crippen LogP) is -0.679. The minimum Gasteiger partial charge on any atom is -0.480 e. The average molecular weight is 305 g/mol. The van der Waals surface area contributed by atoms with Crippen LogP contribution in [0.1, 0.15) is 17.8 Å². The quantitative estimate of drug-likeness (QED) is 0.592. The first-order valence-electron chi connectivity index (χ1n) is 5.52. The highest BCUT2D eigenvalue weighted by molar-refractivity contribution is 7.89. The molecule has 112 valence electrons. The molecule has 0 unspecified atom stereocenters. The number of H-pyrrole nitrogens is 1. The predicted molar refractivity (Wildman–Crippen MR) is 66.4 cm³/mol. The standard InChI is InChI=1S/C10H15N3O6S/c1-5-9(6(2)12-11-5)20(17,18)13-7(10(15)16)4-8(14)19-3/h7,13H,4H2,1-3H3,(H,11,12)(H,15,16)/t7-/m0/s1. The van der Waals surface area contributed by atoms with Crippen LogP contribution in [0.3, 0.4) is 0 Å². The van der Waals surface area contributed by atoms with Gasteiger partial charge in [-0.3, -0.25) is 14.7 Å². The Morgan fingerprint density at radius 1 is 1.45 bits per heavy atom. The Morgan fingerprint density at radius 3 is 2.45 bits per heavy atom. The number of carboxylic acids is 1. The number of aromatic nitrogens is 2. The second kappa shape index (κ2) is 6.01. The number of carbonyl (C=O) groups is 2. The molecule has 1 rings (SSSR count). The number of methoxy groups -OCH3 is 1. The fourth-order valence-corrected chi connectivity index (χ4v) is 3.17. The molecule has 1 aromatic heterocycles. The number of aryl methyl sites for hydroxylation is 2. The van der Waals surface area contributed by atoms with Gasteiger partial charge in [-0.2, -0.15) is 9.82 Å². The lowest BCUT2D eigenvalue weighted by molar-refractivity contribution is -0.147. The summed E-state index contributed by atoms with van der Waals surface area (Å²) < 4.78 is 30.5. The molecule has 0 aliphatic rings. The van der Waals surface area contributed by atoms with Crippen molar-refractivity contribution in [2.75, 3.05) is 7.11 Å². The molecule has 0 saturated carbocycles. The van der Waals surface area contributed by atoms with Crippen LogP contribution in [0, 0.1) is 13.8 Å². The van der Waals surface area contributed by atoms with Crippen molar-refractivity contribution in [2.45, 2.75) is 31.2 Å². The van der Waals surface area contributed by atoms with E-state index in [9.17, 15) is 18.0 Å². The minimum absolute atomic E-state index is 0.131. The molecule has 1 heterocycles. The molecular weight excluding hydrogens is 290 g/mol. The van der Waals surface area contributed by atoms with E-state index in [-0.39, 0.29) is 16.3 Å². The lowest BCUT2D eigenvalue weighted by atomic mass is 10.2. The van der Waals surface area contributed by atoms with Gasteiger partial charge in [0, 0.05) is 0 Å². The van der Waals surface area contributed by atoms with E-state index in [1.54, 1.807) is 0 Å². The molecule has 3 N–H and O–H groups in total. The molecule has 10 heteroatoms. The maximum Gasteiger partial charge on any atom is 0.322 e.